The van der Waals surface area contributed by atoms with Gasteiger partial charge in [-0.3, -0.25) is 4.79 Å². The highest BCUT2D eigenvalue weighted by molar-refractivity contribution is 5.83. The third-order valence-electron chi connectivity index (χ3n) is 4.57. The van der Waals surface area contributed by atoms with Crippen LogP contribution in [0, 0.1) is 11.6 Å². The molecule has 3 rings (SSSR count). The number of halogens is 2. The molecule has 0 saturated carbocycles. The third kappa shape index (κ3) is 4.38. The van der Waals surface area contributed by atoms with Gasteiger partial charge in [0.1, 0.15) is 5.75 Å². The number of hydrogen-bond donors (Lipinski definition) is 2. The number of nitrogens with one attached hydrogen (secondary N) is 2. The Bertz CT molecular complexity index is 755. The van der Waals surface area contributed by atoms with Crippen molar-refractivity contribution in [1.82, 2.24) is 10.6 Å². The van der Waals surface area contributed by atoms with E-state index in [0.717, 1.165) is 31.5 Å². The first-order valence-corrected chi connectivity index (χ1v) is 8.75. The second kappa shape index (κ2) is 8.27. The fourth-order valence-electron chi connectivity index (χ4n) is 3.09. The second-order valence-corrected chi connectivity index (χ2v) is 6.48. The molecule has 1 saturated heterocycles. The van der Waals surface area contributed by atoms with E-state index in [4.69, 9.17) is 4.74 Å². The van der Waals surface area contributed by atoms with Crippen LogP contribution in [-0.2, 0) is 4.79 Å². The average molecular weight is 360 g/mol. The summed E-state index contributed by atoms with van der Waals surface area (Å²) in [6.45, 7) is 2.96. The van der Waals surface area contributed by atoms with Gasteiger partial charge in [-0.2, -0.15) is 0 Å². The monoisotopic (exact) mass is 360 g/mol. The van der Waals surface area contributed by atoms with Crippen LogP contribution >= 0.6 is 0 Å². The van der Waals surface area contributed by atoms with Crippen molar-refractivity contribution >= 4 is 5.91 Å². The van der Waals surface area contributed by atoms with Crippen molar-refractivity contribution in [3.05, 3.63) is 65.7 Å². The summed E-state index contributed by atoms with van der Waals surface area (Å²) in [7, 11) is 0. The van der Waals surface area contributed by atoms with E-state index >= 15 is 0 Å². The summed E-state index contributed by atoms with van der Waals surface area (Å²) in [6.07, 6.45) is 0.914. The highest BCUT2D eigenvalue weighted by Gasteiger charge is 2.28. The van der Waals surface area contributed by atoms with Crippen molar-refractivity contribution in [1.29, 1.82) is 0 Å². The van der Waals surface area contributed by atoms with Gasteiger partial charge in [0.2, 0.25) is 6.10 Å². The molecule has 4 nitrogen and oxygen atoms in total. The van der Waals surface area contributed by atoms with E-state index in [1.54, 1.807) is 24.3 Å². The minimum atomic E-state index is -1.01. The quantitative estimate of drug-likeness (QED) is 0.860. The van der Waals surface area contributed by atoms with E-state index < -0.39 is 17.7 Å². The van der Waals surface area contributed by atoms with Crippen LogP contribution < -0.4 is 15.4 Å². The number of piperidine rings is 1. The van der Waals surface area contributed by atoms with E-state index in [2.05, 4.69) is 10.6 Å². The summed E-state index contributed by atoms with van der Waals surface area (Å²) in [5, 5.41) is 6.35. The summed E-state index contributed by atoms with van der Waals surface area (Å²) in [5.74, 6) is -2.18. The lowest BCUT2D eigenvalue weighted by molar-refractivity contribution is -0.129. The third-order valence-corrected chi connectivity index (χ3v) is 4.57. The SMILES string of the molecule is CC1NCCCC1NC(=O)C(Oc1ccc(F)c(F)c1)c1ccccc1. The zero-order chi connectivity index (χ0) is 18.5. The largest absolute Gasteiger partial charge is 0.476 e. The number of hydrogen-bond acceptors (Lipinski definition) is 3. The predicted octanol–water partition coefficient (Wildman–Crippen LogP) is 3.34. The van der Waals surface area contributed by atoms with Crippen LogP contribution in [0.5, 0.6) is 5.75 Å². The highest BCUT2D eigenvalue weighted by Crippen LogP contribution is 2.24. The zero-order valence-electron chi connectivity index (χ0n) is 14.5. The number of amides is 1. The lowest BCUT2D eigenvalue weighted by atomic mass is 9.99. The molecular formula is C20H22F2N2O2. The standard InChI is InChI=1S/C20H22F2N2O2/c1-13-18(8-5-11-23-13)24-20(25)19(14-6-3-2-4-7-14)26-15-9-10-16(21)17(22)12-15/h2-4,6-7,9-10,12-13,18-19,23H,5,8,11H2,1H3,(H,24,25). The van der Waals surface area contributed by atoms with E-state index in [-0.39, 0.29) is 23.7 Å². The van der Waals surface area contributed by atoms with Gasteiger partial charge in [0.25, 0.3) is 5.91 Å². The molecule has 0 aromatic heterocycles. The highest BCUT2D eigenvalue weighted by atomic mass is 19.2. The van der Waals surface area contributed by atoms with E-state index in [1.165, 1.54) is 6.07 Å². The molecule has 1 fully saturated rings. The van der Waals surface area contributed by atoms with Crippen molar-refractivity contribution in [2.24, 2.45) is 0 Å². The molecule has 0 aliphatic carbocycles. The molecular weight excluding hydrogens is 338 g/mol. The van der Waals surface area contributed by atoms with Gasteiger partial charge in [-0.1, -0.05) is 30.3 Å². The molecule has 1 aliphatic rings. The maximum atomic E-state index is 13.5. The molecule has 0 bridgehead atoms. The van der Waals surface area contributed by atoms with Crippen molar-refractivity contribution in [2.45, 2.75) is 38.0 Å². The maximum Gasteiger partial charge on any atom is 0.266 e. The van der Waals surface area contributed by atoms with Gasteiger partial charge in [-0.25, -0.2) is 8.78 Å². The van der Waals surface area contributed by atoms with Gasteiger partial charge in [0, 0.05) is 23.7 Å². The lowest BCUT2D eigenvalue weighted by Crippen LogP contribution is -2.53. The smallest absolute Gasteiger partial charge is 0.266 e. The Labute approximate surface area is 151 Å². The molecule has 0 radical (unpaired) electrons. The van der Waals surface area contributed by atoms with Gasteiger partial charge in [-0.15, -0.1) is 0 Å². The predicted molar refractivity (Wildman–Crippen MR) is 94.8 cm³/mol. The molecule has 6 heteroatoms. The molecule has 2 aromatic rings. The summed E-state index contributed by atoms with van der Waals surface area (Å²) in [5.41, 5.74) is 0.645. The van der Waals surface area contributed by atoms with Crippen LogP contribution in [0.25, 0.3) is 0 Å². The molecule has 138 valence electrons. The van der Waals surface area contributed by atoms with E-state index in [0.29, 0.717) is 5.56 Å². The Hall–Kier alpha value is -2.47. The first kappa shape index (κ1) is 18.3. The molecule has 3 unspecified atom stereocenters. The van der Waals surface area contributed by atoms with Gasteiger partial charge in [0.05, 0.1) is 0 Å². The number of ether oxygens (including phenoxy) is 1. The van der Waals surface area contributed by atoms with Gasteiger partial charge in [0.15, 0.2) is 11.6 Å². The maximum absolute atomic E-state index is 13.5. The summed E-state index contributed by atoms with van der Waals surface area (Å²) < 4.78 is 32.4. The van der Waals surface area contributed by atoms with Crippen molar-refractivity contribution in [3.8, 4) is 5.75 Å². The Morgan fingerprint density at radius 3 is 2.65 bits per heavy atom. The summed E-state index contributed by atoms with van der Waals surface area (Å²) in [4.78, 5) is 12.9. The fraction of sp³-hybridized carbons (Fsp3) is 0.350. The molecule has 1 aliphatic heterocycles. The minimum absolute atomic E-state index is 0.00369. The minimum Gasteiger partial charge on any atom is -0.476 e. The van der Waals surface area contributed by atoms with Crippen LogP contribution in [0.1, 0.15) is 31.4 Å². The Balaban J connectivity index is 1.81. The Kier molecular flexibility index (Phi) is 5.83. The van der Waals surface area contributed by atoms with Crippen LogP contribution in [-0.4, -0.2) is 24.5 Å². The average Bonchev–Trinajstić information content (AvgIpc) is 2.65. The van der Waals surface area contributed by atoms with E-state index in [9.17, 15) is 13.6 Å². The molecule has 2 aromatic carbocycles. The van der Waals surface area contributed by atoms with Crippen molar-refractivity contribution in [3.63, 3.8) is 0 Å². The molecule has 1 amide bonds. The van der Waals surface area contributed by atoms with Gasteiger partial charge in [-0.05, 0) is 38.4 Å². The number of carbonyl (C=O) groups excluding carboxylic acids is 1. The van der Waals surface area contributed by atoms with Crippen molar-refractivity contribution < 1.29 is 18.3 Å². The van der Waals surface area contributed by atoms with Crippen LogP contribution in [0.4, 0.5) is 8.78 Å². The Morgan fingerprint density at radius 2 is 1.96 bits per heavy atom. The number of benzene rings is 2. The van der Waals surface area contributed by atoms with Crippen LogP contribution in [0.2, 0.25) is 0 Å². The van der Waals surface area contributed by atoms with Crippen LogP contribution in [0.15, 0.2) is 48.5 Å². The Morgan fingerprint density at radius 1 is 1.19 bits per heavy atom. The summed E-state index contributed by atoms with van der Waals surface area (Å²) in [6, 6.07) is 12.4. The molecule has 0 spiro atoms. The molecule has 26 heavy (non-hydrogen) atoms. The van der Waals surface area contributed by atoms with Crippen LogP contribution in [0.3, 0.4) is 0 Å². The topological polar surface area (TPSA) is 50.4 Å². The molecule has 3 atom stereocenters. The normalized spacial score (nSPS) is 21.0. The van der Waals surface area contributed by atoms with Gasteiger partial charge >= 0.3 is 0 Å². The molecule has 2 N–H and O–H groups in total. The van der Waals surface area contributed by atoms with E-state index in [1.807, 2.05) is 13.0 Å². The van der Waals surface area contributed by atoms with Crippen molar-refractivity contribution in [2.75, 3.05) is 6.54 Å². The number of carbonyl (C=O) groups is 1. The summed E-state index contributed by atoms with van der Waals surface area (Å²) >= 11 is 0. The lowest BCUT2D eigenvalue weighted by Gasteiger charge is -2.32. The second-order valence-electron chi connectivity index (χ2n) is 6.48. The first-order chi connectivity index (χ1) is 12.5. The number of rotatable bonds is 5. The molecule has 1 heterocycles. The first-order valence-electron chi connectivity index (χ1n) is 8.75. The fourth-order valence-corrected chi connectivity index (χ4v) is 3.09. The van der Waals surface area contributed by atoms with Gasteiger partial charge < -0.3 is 15.4 Å². The zero-order valence-corrected chi connectivity index (χ0v) is 14.5.